The SMILES string of the molecule is CC.COC1CCCN(C)C1. The Morgan fingerprint density at radius 1 is 1.36 bits per heavy atom. The van der Waals surface area contributed by atoms with E-state index in [-0.39, 0.29) is 0 Å². The summed E-state index contributed by atoms with van der Waals surface area (Å²) in [6, 6.07) is 0. The molecule has 11 heavy (non-hydrogen) atoms. The van der Waals surface area contributed by atoms with Gasteiger partial charge < -0.3 is 9.64 Å². The van der Waals surface area contributed by atoms with Gasteiger partial charge >= 0.3 is 0 Å². The van der Waals surface area contributed by atoms with Crippen molar-refractivity contribution >= 4 is 0 Å². The zero-order chi connectivity index (χ0) is 8.69. The van der Waals surface area contributed by atoms with Crippen LogP contribution in [0.5, 0.6) is 0 Å². The molecule has 0 aliphatic carbocycles. The Balaban J connectivity index is 0.000000461. The van der Waals surface area contributed by atoms with Crippen LogP contribution in [-0.2, 0) is 4.74 Å². The molecule has 0 saturated carbocycles. The molecule has 1 atom stereocenters. The number of likely N-dealkylation sites (tertiary alicyclic amines) is 1. The molecule has 0 N–H and O–H groups in total. The Bertz CT molecular complexity index is 85.6. The first kappa shape index (κ1) is 10.9. The molecular weight excluding hydrogens is 138 g/mol. The van der Waals surface area contributed by atoms with Crippen molar-refractivity contribution in [1.29, 1.82) is 0 Å². The number of hydrogen-bond acceptors (Lipinski definition) is 2. The van der Waals surface area contributed by atoms with Crippen molar-refractivity contribution in [1.82, 2.24) is 4.90 Å². The number of hydrogen-bond donors (Lipinski definition) is 0. The average molecular weight is 159 g/mol. The third-order valence-electron chi connectivity index (χ3n) is 1.91. The summed E-state index contributed by atoms with van der Waals surface area (Å²) in [7, 11) is 3.94. The van der Waals surface area contributed by atoms with Gasteiger partial charge in [-0.1, -0.05) is 13.8 Å². The maximum absolute atomic E-state index is 5.22. The van der Waals surface area contributed by atoms with Gasteiger partial charge in [0.1, 0.15) is 0 Å². The molecule has 1 unspecified atom stereocenters. The van der Waals surface area contributed by atoms with Crippen LogP contribution in [0.3, 0.4) is 0 Å². The lowest BCUT2D eigenvalue weighted by molar-refractivity contribution is 0.0408. The van der Waals surface area contributed by atoms with Crippen molar-refractivity contribution in [3.05, 3.63) is 0 Å². The topological polar surface area (TPSA) is 12.5 Å². The van der Waals surface area contributed by atoms with Gasteiger partial charge in [-0.05, 0) is 26.4 Å². The zero-order valence-electron chi connectivity index (χ0n) is 8.26. The van der Waals surface area contributed by atoms with E-state index in [1.54, 1.807) is 7.11 Å². The summed E-state index contributed by atoms with van der Waals surface area (Å²) in [5.41, 5.74) is 0. The van der Waals surface area contributed by atoms with Crippen molar-refractivity contribution in [2.75, 3.05) is 27.2 Å². The molecule has 0 aromatic carbocycles. The van der Waals surface area contributed by atoms with E-state index in [1.165, 1.54) is 19.4 Å². The lowest BCUT2D eigenvalue weighted by Crippen LogP contribution is -2.36. The lowest BCUT2D eigenvalue weighted by Gasteiger charge is -2.28. The molecule has 1 fully saturated rings. The standard InChI is InChI=1S/C7H15NO.C2H6/c1-8-5-3-4-7(6-8)9-2;1-2/h7H,3-6H2,1-2H3;1-2H3. The van der Waals surface area contributed by atoms with Crippen LogP contribution in [0.25, 0.3) is 0 Å². The summed E-state index contributed by atoms with van der Waals surface area (Å²) in [4.78, 5) is 2.32. The second-order valence-corrected chi connectivity index (χ2v) is 2.76. The molecule has 0 spiro atoms. The first-order valence-electron chi connectivity index (χ1n) is 4.54. The van der Waals surface area contributed by atoms with Gasteiger partial charge in [-0.25, -0.2) is 0 Å². The third-order valence-corrected chi connectivity index (χ3v) is 1.91. The number of piperidine rings is 1. The highest BCUT2D eigenvalue weighted by molar-refractivity contribution is 4.69. The second-order valence-electron chi connectivity index (χ2n) is 2.76. The van der Waals surface area contributed by atoms with Crippen LogP contribution in [0, 0.1) is 0 Å². The fourth-order valence-electron chi connectivity index (χ4n) is 1.31. The van der Waals surface area contributed by atoms with Gasteiger partial charge in [-0.2, -0.15) is 0 Å². The number of ether oxygens (including phenoxy) is 1. The molecule has 0 amide bonds. The first-order valence-corrected chi connectivity index (χ1v) is 4.54. The van der Waals surface area contributed by atoms with Crippen molar-refractivity contribution < 1.29 is 4.74 Å². The van der Waals surface area contributed by atoms with Crippen LogP contribution in [0.15, 0.2) is 0 Å². The van der Waals surface area contributed by atoms with E-state index in [2.05, 4.69) is 11.9 Å². The largest absolute Gasteiger partial charge is 0.380 e. The summed E-state index contributed by atoms with van der Waals surface area (Å²) in [6.45, 7) is 6.34. The molecule has 1 rings (SSSR count). The minimum Gasteiger partial charge on any atom is -0.380 e. The van der Waals surface area contributed by atoms with Crippen LogP contribution in [0.4, 0.5) is 0 Å². The highest BCUT2D eigenvalue weighted by Gasteiger charge is 2.15. The molecule has 68 valence electrons. The smallest absolute Gasteiger partial charge is 0.0698 e. The van der Waals surface area contributed by atoms with E-state index >= 15 is 0 Å². The van der Waals surface area contributed by atoms with Gasteiger partial charge in [0.05, 0.1) is 6.10 Å². The highest BCUT2D eigenvalue weighted by Crippen LogP contribution is 2.09. The van der Waals surface area contributed by atoms with Crippen molar-refractivity contribution in [3.8, 4) is 0 Å². The molecule has 1 saturated heterocycles. The maximum Gasteiger partial charge on any atom is 0.0698 e. The van der Waals surface area contributed by atoms with E-state index in [1.807, 2.05) is 13.8 Å². The van der Waals surface area contributed by atoms with Gasteiger partial charge in [0.15, 0.2) is 0 Å². The van der Waals surface area contributed by atoms with E-state index in [0.29, 0.717) is 6.10 Å². The predicted molar refractivity (Wildman–Crippen MR) is 48.9 cm³/mol. The van der Waals surface area contributed by atoms with Gasteiger partial charge in [0, 0.05) is 13.7 Å². The Kier molecular flexibility index (Phi) is 6.57. The monoisotopic (exact) mass is 159 g/mol. The van der Waals surface area contributed by atoms with Crippen molar-refractivity contribution in [2.24, 2.45) is 0 Å². The normalized spacial score (nSPS) is 25.6. The van der Waals surface area contributed by atoms with E-state index in [0.717, 1.165) is 6.54 Å². The molecule has 0 bridgehead atoms. The Morgan fingerprint density at radius 2 is 2.00 bits per heavy atom. The second kappa shape index (κ2) is 6.62. The van der Waals surface area contributed by atoms with E-state index in [4.69, 9.17) is 4.74 Å². The summed E-state index contributed by atoms with van der Waals surface area (Å²) in [5, 5.41) is 0. The Hall–Kier alpha value is -0.0800. The lowest BCUT2D eigenvalue weighted by atomic mass is 10.1. The summed E-state index contributed by atoms with van der Waals surface area (Å²) >= 11 is 0. The highest BCUT2D eigenvalue weighted by atomic mass is 16.5. The molecule has 0 radical (unpaired) electrons. The third kappa shape index (κ3) is 4.38. The molecule has 1 heterocycles. The summed E-state index contributed by atoms with van der Waals surface area (Å²) in [5.74, 6) is 0. The zero-order valence-corrected chi connectivity index (χ0v) is 8.26. The minimum atomic E-state index is 0.490. The van der Waals surface area contributed by atoms with Crippen LogP contribution < -0.4 is 0 Å². The van der Waals surface area contributed by atoms with Gasteiger partial charge in [0.25, 0.3) is 0 Å². The summed E-state index contributed by atoms with van der Waals surface area (Å²) < 4.78 is 5.22. The van der Waals surface area contributed by atoms with Gasteiger partial charge in [0.2, 0.25) is 0 Å². The quantitative estimate of drug-likeness (QED) is 0.578. The fraction of sp³-hybridized carbons (Fsp3) is 1.00. The van der Waals surface area contributed by atoms with E-state index < -0.39 is 0 Å². The van der Waals surface area contributed by atoms with Crippen LogP contribution in [0.2, 0.25) is 0 Å². The van der Waals surface area contributed by atoms with Gasteiger partial charge in [-0.3, -0.25) is 0 Å². The Labute approximate surface area is 70.5 Å². The van der Waals surface area contributed by atoms with Crippen molar-refractivity contribution in [2.45, 2.75) is 32.8 Å². The van der Waals surface area contributed by atoms with Gasteiger partial charge in [-0.15, -0.1) is 0 Å². The first-order chi connectivity index (χ1) is 5.33. The molecule has 2 nitrogen and oxygen atoms in total. The Morgan fingerprint density at radius 3 is 2.36 bits per heavy atom. The maximum atomic E-state index is 5.22. The number of rotatable bonds is 1. The summed E-state index contributed by atoms with van der Waals surface area (Å²) in [6.07, 6.45) is 3.01. The molecule has 1 aliphatic rings. The van der Waals surface area contributed by atoms with E-state index in [9.17, 15) is 0 Å². The average Bonchev–Trinajstić information content (AvgIpc) is 2.08. The molecule has 1 aliphatic heterocycles. The fourth-order valence-corrected chi connectivity index (χ4v) is 1.31. The number of likely N-dealkylation sites (N-methyl/N-ethyl adjacent to an activating group) is 1. The molecule has 0 aromatic rings. The van der Waals surface area contributed by atoms with Crippen molar-refractivity contribution in [3.63, 3.8) is 0 Å². The molecule has 0 aromatic heterocycles. The predicted octanol–water partition coefficient (Wildman–Crippen LogP) is 1.75. The van der Waals surface area contributed by atoms with Crippen LogP contribution >= 0.6 is 0 Å². The minimum absolute atomic E-state index is 0.490. The van der Waals surface area contributed by atoms with Crippen LogP contribution in [-0.4, -0.2) is 38.3 Å². The molecule has 2 heteroatoms. The van der Waals surface area contributed by atoms with Crippen LogP contribution in [0.1, 0.15) is 26.7 Å². The number of methoxy groups -OCH3 is 1. The molecular formula is C9H21NO. The number of nitrogens with zero attached hydrogens (tertiary/aromatic N) is 1.